The Hall–Kier alpha value is -2.21. The number of likely N-dealkylation sites (tertiary alicyclic amines) is 1. The second-order valence-corrected chi connectivity index (χ2v) is 6.98. The number of aromatic nitrogens is 1. The van der Waals surface area contributed by atoms with Crippen molar-refractivity contribution in [2.45, 2.75) is 32.6 Å². The third-order valence-electron chi connectivity index (χ3n) is 5.10. The van der Waals surface area contributed by atoms with Gasteiger partial charge >= 0.3 is 0 Å². The molecule has 6 heteroatoms. The van der Waals surface area contributed by atoms with Gasteiger partial charge in [-0.2, -0.15) is 0 Å². The number of rotatable bonds is 4. The number of carbonyl (C=O) groups is 1. The lowest BCUT2D eigenvalue weighted by Gasteiger charge is -2.42. The third kappa shape index (κ3) is 3.44. The highest BCUT2D eigenvalue weighted by atomic mass is 19.1. The summed E-state index contributed by atoms with van der Waals surface area (Å²) in [7, 11) is 0. The molecule has 0 radical (unpaired) electrons. The average Bonchev–Trinajstić information content (AvgIpc) is 2.60. The van der Waals surface area contributed by atoms with Crippen LogP contribution in [0.15, 0.2) is 29.1 Å². The number of aromatic amines is 1. The Labute approximate surface area is 145 Å². The zero-order valence-electron chi connectivity index (χ0n) is 14.3. The molecule has 134 valence electrons. The number of aliphatic hydroxyl groups is 1. The van der Waals surface area contributed by atoms with E-state index in [0.29, 0.717) is 24.0 Å². The predicted octanol–water partition coefficient (Wildman–Crippen LogP) is 2.68. The molecule has 0 saturated carbocycles. The minimum Gasteiger partial charge on any atom is -0.396 e. The normalized spacial score (nSPS) is 20.8. The van der Waals surface area contributed by atoms with Crippen molar-refractivity contribution in [1.29, 1.82) is 0 Å². The van der Waals surface area contributed by atoms with Crippen molar-refractivity contribution in [3.63, 3.8) is 0 Å². The molecule has 3 rings (SSSR count). The lowest BCUT2D eigenvalue weighted by Crippen LogP contribution is -2.48. The molecule has 1 aliphatic rings. The first-order valence-corrected chi connectivity index (χ1v) is 8.71. The topological polar surface area (TPSA) is 73.4 Å². The summed E-state index contributed by atoms with van der Waals surface area (Å²) in [6.45, 7) is 3.19. The molecule has 25 heavy (non-hydrogen) atoms. The Balaban J connectivity index is 1.98. The number of piperidine rings is 1. The summed E-state index contributed by atoms with van der Waals surface area (Å²) in [5, 5.41) is 10.4. The molecule has 1 saturated heterocycles. The number of hydrogen-bond acceptors (Lipinski definition) is 3. The number of aliphatic hydroxyl groups excluding tert-OH is 1. The largest absolute Gasteiger partial charge is 0.396 e. The third-order valence-corrected chi connectivity index (χ3v) is 5.10. The van der Waals surface area contributed by atoms with Crippen molar-refractivity contribution in [1.82, 2.24) is 9.88 Å². The highest BCUT2D eigenvalue weighted by Gasteiger charge is 2.36. The number of nitrogens with zero attached hydrogens (tertiary/aromatic N) is 1. The Kier molecular flexibility index (Phi) is 4.90. The van der Waals surface area contributed by atoms with Crippen LogP contribution in [0.3, 0.4) is 0 Å². The maximum absolute atomic E-state index is 13.4. The van der Waals surface area contributed by atoms with Gasteiger partial charge in [0.05, 0.1) is 17.7 Å². The molecule has 5 nitrogen and oxygen atoms in total. The molecule has 1 aromatic heterocycles. The molecule has 1 atom stereocenters. The smallest absolute Gasteiger partial charge is 0.254 e. The molecule has 1 fully saturated rings. The van der Waals surface area contributed by atoms with Crippen molar-refractivity contribution in [2.24, 2.45) is 5.41 Å². The van der Waals surface area contributed by atoms with E-state index in [2.05, 4.69) is 11.9 Å². The van der Waals surface area contributed by atoms with Crippen LogP contribution in [0.1, 0.15) is 43.0 Å². The van der Waals surface area contributed by atoms with Gasteiger partial charge in [-0.1, -0.05) is 13.3 Å². The van der Waals surface area contributed by atoms with Gasteiger partial charge in [-0.25, -0.2) is 4.39 Å². The van der Waals surface area contributed by atoms with Crippen LogP contribution in [0, 0.1) is 11.2 Å². The quantitative estimate of drug-likeness (QED) is 0.894. The molecular formula is C19H23FN2O3. The van der Waals surface area contributed by atoms with E-state index in [9.17, 15) is 19.1 Å². The van der Waals surface area contributed by atoms with E-state index in [1.165, 1.54) is 24.3 Å². The molecule has 2 N–H and O–H groups in total. The Bertz CT molecular complexity index is 844. The molecule has 1 aliphatic heterocycles. The maximum atomic E-state index is 13.4. The summed E-state index contributed by atoms with van der Waals surface area (Å²) in [6, 6.07) is 5.29. The molecule has 1 amide bonds. The first-order valence-electron chi connectivity index (χ1n) is 8.71. The van der Waals surface area contributed by atoms with E-state index in [4.69, 9.17) is 0 Å². The van der Waals surface area contributed by atoms with Crippen molar-refractivity contribution >= 4 is 16.8 Å². The van der Waals surface area contributed by atoms with Gasteiger partial charge in [0.15, 0.2) is 0 Å². The fourth-order valence-corrected chi connectivity index (χ4v) is 3.90. The summed E-state index contributed by atoms with van der Waals surface area (Å²) in [5.41, 5.74) is -0.106. The number of hydrogen-bond donors (Lipinski definition) is 2. The number of pyridine rings is 1. The summed E-state index contributed by atoms with van der Waals surface area (Å²) < 4.78 is 13.4. The fraction of sp³-hybridized carbons (Fsp3) is 0.474. The van der Waals surface area contributed by atoms with Gasteiger partial charge in [-0.05, 0) is 37.5 Å². The summed E-state index contributed by atoms with van der Waals surface area (Å²) >= 11 is 0. The minimum atomic E-state index is -0.465. The standard InChI is InChI=1S/C19H23FN2O3/c1-2-6-19(12-23)7-3-8-22(11-19)18(25)15-10-17(24)21-16-9-13(20)4-5-14(15)16/h4-5,9-10,23H,2-3,6-8,11-12H2,1H3,(H,21,24)/t19-/m0/s1. The second kappa shape index (κ2) is 6.96. The minimum absolute atomic E-state index is 0.0476. The lowest BCUT2D eigenvalue weighted by molar-refractivity contribution is 0.0223. The molecular weight excluding hydrogens is 323 g/mol. The number of benzene rings is 1. The number of amides is 1. The van der Waals surface area contributed by atoms with E-state index in [1.54, 1.807) is 4.90 Å². The van der Waals surface area contributed by atoms with Crippen molar-refractivity contribution < 1.29 is 14.3 Å². The van der Waals surface area contributed by atoms with Crippen molar-refractivity contribution in [2.75, 3.05) is 19.7 Å². The van der Waals surface area contributed by atoms with E-state index in [1.807, 2.05) is 0 Å². The Morgan fingerprint density at radius 2 is 2.20 bits per heavy atom. The van der Waals surface area contributed by atoms with Gasteiger partial charge in [-0.15, -0.1) is 0 Å². The highest BCUT2D eigenvalue weighted by molar-refractivity contribution is 6.06. The predicted molar refractivity (Wildman–Crippen MR) is 94.1 cm³/mol. The van der Waals surface area contributed by atoms with Crippen molar-refractivity contribution in [3.05, 3.63) is 46.0 Å². The lowest BCUT2D eigenvalue weighted by atomic mass is 9.77. The first kappa shape index (κ1) is 17.6. The fourth-order valence-electron chi connectivity index (χ4n) is 3.90. The molecule has 0 bridgehead atoms. The molecule has 0 aliphatic carbocycles. The molecule has 2 aromatic rings. The number of halogens is 1. The van der Waals surface area contributed by atoms with Gasteiger partial charge in [0.2, 0.25) is 5.56 Å². The van der Waals surface area contributed by atoms with Gasteiger partial charge in [0.1, 0.15) is 5.82 Å². The number of nitrogens with one attached hydrogen (secondary N) is 1. The van der Waals surface area contributed by atoms with Crippen LogP contribution in [0.5, 0.6) is 0 Å². The number of fused-ring (bicyclic) bond motifs is 1. The summed E-state index contributed by atoms with van der Waals surface area (Å²) in [4.78, 5) is 29.2. The average molecular weight is 346 g/mol. The molecule has 0 spiro atoms. The molecule has 0 unspecified atom stereocenters. The van der Waals surface area contributed by atoms with Crippen LogP contribution in [-0.4, -0.2) is 40.6 Å². The van der Waals surface area contributed by atoms with Crippen LogP contribution in [0.4, 0.5) is 4.39 Å². The Morgan fingerprint density at radius 3 is 2.92 bits per heavy atom. The van der Waals surface area contributed by atoms with Gasteiger partial charge < -0.3 is 15.0 Å². The van der Waals surface area contributed by atoms with Crippen molar-refractivity contribution in [3.8, 4) is 0 Å². The van der Waals surface area contributed by atoms with Crippen LogP contribution in [0.2, 0.25) is 0 Å². The van der Waals surface area contributed by atoms with E-state index >= 15 is 0 Å². The van der Waals surface area contributed by atoms with Crippen LogP contribution < -0.4 is 5.56 Å². The maximum Gasteiger partial charge on any atom is 0.254 e. The van der Waals surface area contributed by atoms with E-state index in [0.717, 1.165) is 25.7 Å². The van der Waals surface area contributed by atoms with Gasteiger partial charge in [0, 0.05) is 30.0 Å². The molecule has 1 aromatic carbocycles. The Morgan fingerprint density at radius 1 is 1.40 bits per heavy atom. The number of carbonyl (C=O) groups excluding carboxylic acids is 1. The monoisotopic (exact) mass is 346 g/mol. The van der Waals surface area contributed by atoms with Gasteiger partial charge in [-0.3, -0.25) is 9.59 Å². The van der Waals surface area contributed by atoms with Gasteiger partial charge in [0.25, 0.3) is 5.91 Å². The SMILES string of the molecule is CCC[C@]1(CO)CCCN(C(=O)c2cc(=O)[nH]c3cc(F)ccc23)C1. The zero-order valence-corrected chi connectivity index (χ0v) is 14.3. The highest BCUT2D eigenvalue weighted by Crippen LogP contribution is 2.35. The van der Waals surface area contributed by atoms with E-state index < -0.39 is 11.4 Å². The van der Waals surface area contributed by atoms with Crippen LogP contribution in [0.25, 0.3) is 10.9 Å². The van der Waals surface area contributed by atoms with Crippen LogP contribution in [-0.2, 0) is 0 Å². The first-order chi connectivity index (χ1) is 12.0. The second-order valence-electron chi connectivity index (χ2n) is 6.98. The van der Waals surface area contributed by atoms with Crippen LogP contribution >= 0.6 is 0 Å². The number of H-pyrrole nitrogens is 1. The molecule has 2 heterocycles. The van der Waals surface area contributed by atoms with E-state index in [-0.39, 0.29) is 23.5 Å². The summed E-state index contributed by atoms with van der Waals surface area (Å²) in [6.07, 6.45) is 3.51. The summed E-state index contributed by atoms with van der Waals surface area (Å²) in [5.74, 6) is -0.704. The zero-order chi connectivity index (χ0) is 18.0.